The minimum absolute atomic E-state index is 0.0797. The maximum atomic E-state index is 13.8. The number of methoxy groups -OCH3 is 2. The van der Waals surface area contributed by atoms with Gasteiger partial charge in [0.2, 0.25) is 0 Å². The third kappa shape index (κ3) is 3.99. The number of likely N-dealkylation sites (tertiary alicyclic amines) is 1. The van der Waals surface area contributed by atoms with Gasteiger partial charge in [-0.2, -0.15) is 0 Å². The Morgan fingerprint density at radius 2 is 1.93 bits per heavy atom. The predicted molar refractivity (Wildman–Crippen MR) is 99.7 cm³/mol. The highest BCUT2D eigenvalue weighted by molar-refractivity contribution is 5.81. The molecule has 144 valence electrons. The normalized spacial score (nSPS) is 17.5. The minimum Gasteiger partial charge on any atom is -0.497 e. The molecule has 0 aliphatic carbocycles. The monoisotopic (exact) mass is 373 g/mol. The van der Waals surface area contributed by atoms with Crippen LogP contribution in [0.4, 0.5) is 4.39 Å². The summed E-state index contributed by atoms with van der Waals surface area (Å²) in [6, 6.07) is 11.6. The number of carbonyl (C=O) groups is 1. The van der Waals surface area contributed by atoms with Gasteiger partial charge >= 0.3 is 0 Å². The lowest BCUT2D eigenvalue weighted by molar-refractivity contribution is -0.139. The molecule has 0 saturated carbocycles. The van der Waals surface area contributed by atoms with Crippen LogP contribution in [-0.4, -0.2) is 37.7 Å². The Hall–Kier alpha value is -2.76. The number of rotatable bonds is 6. The van der Waals surface area contributed by atoms with Crippen LogP contribution in [0.15, 0.2) is 42.5 Å². The van der Waals surface area contributed by atoms with Crippen LogP contribution in [0.25, 0.3) is 0 Å². The second-order valence-electron chi connectivity index (χ2n) is 6.49. The van der Waals surface area contributed by atoms with Gasteiger partial charge in [-0.1, -0.05) is 12.1 Å². The lowest BCUT2D eigenvalue weighted by atomic mass is 10.0. The molecule has 0 radical (unpaired) electrons. The molecule has 0 unspecified atom stereocenters. The average molecular weight is 373 g/mol. The van der Waals surface area contributed by atoms with Crippen molar-refractivity contribution < 1.29 is 23.4 Å². The van der Waals surface area contributed by atoms with Crippen molar-refractivity contribution in [1.29, 1.82) is 0 Å². The largest absolute Gasteiger partial charge is 0.497 e. The molecular weight excluding hydrogens is 349 g/mol. The molecule has 6 heteroatoms. The molecular formula is C21H24FNO4. The van der Waals surface area contributed by atoms with Crippen LogP contribution in [0.5, 0.6) is 17.2 Å². The molecule has 27 heavy (non-hydrogen) atoms. The molecule has 0 spiro atoms. The maximum Gasteiger partial charge on any atom is 0.263 e. The van der Waals surface area contributed by atoms with Crippen LogP contribution in [-0.2, 0) is 4.79 Å². The van der Waals surface area contributed by atoms with E-state index in [0.717, 1.165) is 18.4 Å². The van der Waals surface area contributed by atoms with Gasteiger partial charge in [-0.25, -0.2) is 4.39 Å². The van der Waals surface area contributed by atoms with E-state index in [0.29, 0.717) is 18.0 Å². The van der Waals surface area contributed by atoms with Crippen molar-refractivity contribution in [2.24, 2.45) is 0 Å². The topological polar surface area (TPSA) is 48.0 Å². The zero-order valence-corrected chi connectivity index (χ0v) is 15.8. The van der Waals surface area contributed by atoms with Gasteiger partial charge in [0.25, 0.3) is 5.91 Å². The van der Waals surface area contributed by atoms with E-state index >= 15 is 0 Å². The van der Waals surface area contributed by atoms with Crippen molar-refractivity contribution in [3.8, 4) is 17.2 Å². The van der Waals surface area contributed by atoms with E-state index in [9.17, 15) is 9.18 Å². The van der Waals surface area contributed by atoms with Crippen LogP contribution < -0.4 is 14.2 Å². The lowest BCUT2D eigenvalue weighted by Gasteiger charge is -2.29. The lowest BCUT2D eigenvalue weighted by Crippen LogP contribution is -2.40. The standard InChI is InChI=1S/C21H24FNO4/c1-14(27-19-9-5-4-7-17(19)22)21(24)23-12-6-8-18(23)16-11-10-15(25-2)13-20(16)26-3/h4-5,7,9-11,13-14,18H,6,8,12H2,1-3H3/t14-,18-/m1/s1. The second kappa shape index (κ2) is 8.29. The fourth-order valence-electron chi connectivity index (χ4n) is 3.46. The van der Waals surface area contributed by atoms with Gasteiger partial charge in [-0.05, 0) is 44.0 Å². The Labute approximate surface area is 158 Å². The SMILES string of the molecule is COc1ccc([C@H]2CCCN2C(=O)[C@@H](C)Oc2ccccc2F)c(OC)c1. The van der Waals surface area contributed by atoms with Crippen LogP contribution in [0, 0.1) is 5.82 Å². The van der Waals surface area contributed by atoms with Gasteiger partial charge in [0.05, 0.1) is 20.3 Å². The van der Waals surface area contributed by atoms with Crippen molar-refractivity contribution in [1.82, 2.24) is 4.90 Å². The summed E-state index contributed by atoms with van der Waals surface area (Å²) in [5.74, 6) is 0.811. The molecule has 2 aromatic carbocycles. The first-order valence-corrected chi connectivity index (χ1v) is 8.98. The number of nitrogens with zero attached hydrogens (tertiary/aromatic N) is 1. The van der Waals surface area contributed by atoms with E-state index < -0.39 is 11.9 Å². The molecule has 5 nitrogen and oxygen atoms in total. The summed E-state index contributed by atoms with van der Waals surface area (Å²) >= 11 is 0. The summed E-state index contributed by atoms with van der Waals surface area (Å²) in [6.45, 7) is 2.28. The highest BCUT2D eigenvalue weighted by atomic mass is 19.1. The van der Waals surface area contributed by atoms with Gasteiger partial charge in [0.1, 0.15) is 11.5 Å². The molecule has 3 rings (SSSR count). The number of amides is 1. The first-order valence-electron chi connectivity index (χ1n) is 8.98. The number of hydrogen-bond acceptors (Lipinski definition) is 4. The molecule has 1 aliphatic rings. The van der Waals surface area contributed by atoms with E-state index in [1.165, 1.54) is 12.1 Å². The highest BCUT2D eigenvalue weighted by Gasteiger charge is 2.35. The average Bonchev–Trinajstić information content (AvgIpc) is 3.18. The van der Waals surface area contributed by atoms with Crippen LogP contribution in [0.2, 0.25) is 0 Å². The zero-order chi connectivity index (χ0) is 19.4. The van der Waals surface area contributed by atoms with E-state index in [1.54, 1.807) is 38.2 Å². The third-order valence-corrected chi connectivity index (χ3v) is 4.82. The van der Waals surface area contributed by atoms with Crippen LogP contribution in [0.1, 0.15) is 31.4 Å². The van der Waals surface area contributed by atoms with Gasteiger partial charge < -0.3 is 19.1 Å². The van der Waals surface area contributed by atoms with E-state index in [2.05, 4.69) is 0 Å². The number of benzene rings is 2. The van der Waals surface area contributed by atoms with Crippen molar-refractivity contribution in [3.05, 3.63) is 53.8 Å². The van der Waals surface area contributed by atoms with Gasteiger partial charge in [-0.3, -0.25) is 4.79 Å². The van der Waals surface area contributed by atoms with E-state index in [1.807, 2.05) is 18.2 Å². The molecule has 1 fully saturated rings. The summed E-state index contributed by atoms with van der Waals surface area (Å²) in [5, 5.41) is 0. The first-order chi connectivity index (χ1) is 13.0. The van der Waals surface area contributed by atoms with Crippen molar-refractivity contribution in [2.75, 3.05) is 20.8 Å². The minimum atomic E-state index is -0.785. The first kappa shape index (κ1) is 19.0. The fraction of sp³-hybridized carbons (Fsp3) is 0.381. The Morgan fingerprint density at radius 1 is 1.15 bits per heavy atom. The van der Waals surface area contributed by atoms with E-state index in [-0.39, 0.29) is 17.7 Å². The van der Waals surface area contributed by atoms with Crippen molar-refractivity contribution in [3.63, 3.8) is 0 Å². The van der Waals surface area contributed by atoms with Crippen molar-refractivity contribution in [2.45, 2.75) is 31.9 Å². The predicted octanol–water partition coefficient (Wildman–Crippen LogP) is 3.97. The quantitative estimate of drug-likeness (QED) is 0.769. The highest BCUT2D eigenvalue weighted by Crippen LogP contribution is 2.39. The zero-order valence-electron chi connectivity index (χ0n) is 15.8. The third-order valence-electron chi connectivity index (χ3n) is 4.82. The fourth-order valence-corrected chi connectivity index (χ4v) is 3.46. The molecule has 1 heterocycles. The van der Waals surface area contributed by atoms with Crippen LogP contribution in [0.3, 0.4) is 0 Å². The summed E-state index contributed by atoms with van der Waals surface area (Å²) in [4.78, 5) is 14.8. The molecule has 0 bridgehead atoms. The molecule has 2 atom stereocenters. The number of hydrogen-bond donors (Lipinski definition) is 0. The van der Waals surface area contributed by atoms with Crippen LogP contribution >= 0.6 is 0 Å². The molecule has 2 aromatic rings. The number of ether oxygens (including phenoxy) is 3. The van der Waals surface area contributed by atoms with Gasteiger partial charge in [-0.15, -0.1) is 0 Å². The molecule has 1 amide bonds. The number of carbonyl (C=O) groups excluding carboxylic acids is 1. The molecule has 1 saturated heterocycles. The van der Waals surface area contributed by atoms with Gasteiger partial charge in [0.15, 0.2) is 17.7 Å². The Morgan fingerprint density at radius 3 is 2.63 bits per heavy atom. The number of para-hydroxylation sites is 1. The second-order valence-corrected chi connectivity index (χ2v) is 6.49. The summed E-state index contributed by atoms with van der Waals surface area (Å²) in [5.41, 5.74) is 0.933. The van der Waals surface area contributed by atoms with E-state index in [4.69, 9.17) is 14.2 Å². The summed E-state index contributed by atoms with van der Waals surface area (Å²) in [6.07, 6.45) is 0.936. The van der Waals surface area contributed by atoms with Gasteiger partial charge in [0, 0.05) is 18.2 Å². The van der Waals surface area contributed by atoms with Crippen molar-refractivity contribution >= 4 is 5.91 Å². The Balaban J connectivity index is 1.79. The maximum absolute atomic E-state index is 13.8. The smallest absolute Gasteiger partial charge is 0.263 e. The molecule has 0 N–H and O–H groups in total. The molecule has 0 aromatic heterocycles. The Kier molecular flexibility index (Phi) is 5.84. The summed E-state index contributed by atoms with van der Waals surface area (Å²) < 4.78 is 30.2. The molecule has 1 aliphatic heterocycles. The number of halogens is 1. The summed E-state index contributed by atoms with van der Waals surface area (Å²) in [7, 11) is 3.20. The Bertz CT molecular complexity index is 811.